The fourth-order valence-corrected chi connectivity index (χ4v) is 3.48. The van der Waals surface area contributed by atoms with Gasteiger partial charge in [-0.2, -0.15) is 0 Å². The summed E-state index contributed by atoms with van der Waals surface area (Å²) in [6.07, 6.45) is 0. The molecule has 4 aromatic carbocycles. The number of fused-ring (bicyclic) bond motifs is 4. The predicted octanol–water partition coefficient (Wildman–Crippen LogP) is 1.83. The van der Waals surface area contributed by atoms with E-state index in [0.29, 0.717) is 0 Å². The van der Waals surface area contributed by atoms with Gasteiger partial charge in [-0.3, -0.25) is 19.2 Å². The van der Waals surface area contributed by atoms with Crippen molar-refractivity contribution < 1.29 is 0 Å². The molecule has 5 rings (SSSR count). The van der Waals surface area contributed by atoms with Crippen molar-refractivity contribution >= 4 is 43.6 Å². The normalized spacial score (nSPS) is 11.7. The molecule has 0 fully saturated rings. The Labute approximate surface area is 143 Å². The number of H-pyrrole nitrogens is 2. The number of aromatic nitrogens is 2. The minimum Gasteiger partial charge on any atom is -0.345 e. The molecule has 6 nitrogen and oxygen atoms in total. The van der Waals surface area contributed by atoms with Crippen molar-refractivity contribution in [3.05, 3.63) is 89.4 Å². The zero-order chi connectivity index (χ0) is 18.0. The minimum absolute atomic E-state index is 0.00650. The Morgan fingerprint density at radius 1 is 0.423 bits per heavy atom. The van der Waals surface area contributed by atoms with Crippen LogP contribution < -0.4 is 21.7 Å². The molecule has 1 aromatic heterocycles. The average molecular weight is 342 g/mol. The highest BCUT2D eigenvalue weighted by molar-refractivity contribution is 6.00. The Hall–Kier alpha value is -3.80. The van der Waals surface area contributed by atoms with Gasteiger partial charge >= 0.3 is 0 Å². The van der Waals surface area contributed by atoms with Crippen LogP contribution in [0.15, 0.2) is 67.7 Å². The highest BCUT2D eigenvalue weighted by atomic mass is 16.1. The molecule has 0 radical (unpaired) electrons. The summed E-state index contributed by atoms with van der Waals surface area (Å²) in [6.45, 7) is 0. The summed E-state index contributed by atoms with van der Waals surface area (Å²) in [6, 6.07) is 12.9. The standard InChI is InChI=1S/C20H10N2O4/c23-17-9-5-1-2-6-10(9)18(24)14-13(17)21-15-16(22-14)20(26)12-8-4-3-7-11(12)19(15)25/h1-8,21-22H. The molecule has 0 aliphatic rings. The molecular formula is C20H10N2O4. The monoisotopic (exact) mass is 342 g/mol. The summed E-state index contributed by atoms with van der Waals surface area (Å²) >= 11 is 0. The van der Waals surface area contributed by atoms with Crippen molar-refractivity contribution in [3.63, 3.8) is 0 Å². The predicted molar refractivity (Wildman–Crippen MR) is 101 cm³/mol. The topological polar surface area (TPSA) is 99.9 Å². The molecule has 0 saturated carbocycles. The van der Waals surface area contributed by atoms with Crippen LogP contribution in [-0.4, -0.2) is 9.97 Å². The van der Waals surface area contributed by atoms with Crippen LogP contribution in [0.3, 0.4) is 0 Å². The third-order valence-electron chi connectivity index (χ3n) is 4.74. The number of aromatic amines is 2. The second kappa shape index (κ2) is 4.86. The van der Waals surface area contributed by atoms with E-state index in [0.717, 1.165) is 0 Å². The molecule has 26 heavy (non-hydrogen) atoms. The minimum atomic E-state index is -0.395. The second-order valence-electron chi connectivity index (χ2n) is 6.16. The molecular weight excluding hydrogens is 332 g/mol. The quantitative estimate of drug-likeness (QED) is 0.419. The average Bonchev–Trinajstić information content (AvgIpc) is 2.69. The zero-order valence-electron chi connectivity index (χ0n) is 13.3. The van der Waals surface area contributed by atoms with E-state index in [4.69, 9.17) is 0 Å². The summed E-state index contributed by atoms with van der Waals surface area (Å²) in [5.74, 6) is 0. The van der Waals surface area contributed by atoms with Crippen LogP contribution in [0.4, 0.5) is 0 Å². The fourth-order valence-electron chi connectivity index (χ4n) is 3.48. The lowest BCUT2D eigenvalue weighted by Crippen LogP contribution is -2.21. The number of rotatable bonds is 0. The lowest BCUT2D eigenvalue weighted by molar-refractivity contribution is 1.36. The molecule has 6 heteroatoms. The van der Waals surface area contributed by atoms with Crippen LogP contribution in [0.5, 0.6) is 0 Å². The SMILES string of the molecule is O=c1c2ccccc2c(=O)c2[nH]c3c(=O)c4ccccc4c(=O)c3[nH]c12. The van der Waals surface area contributed by atoms with E-state index < -0.39 is 21.7 Å². The maximum absolute atomic E-state index is 12.8. The van der Waals surface area contributed by atoms with Crippen LogP contribution in [-0.2, 0) is 0 Å². The van der Waals surface area contributed by atoms with Gasteiger partial charge in [-0.15, -0.1) is 0 Å². The van der Waals surface area contributed by atoms with Crippen LogP contribution in [0.2, 0.25) is 0 Å². The summed E-state index contributed by atoms with van der Waals surface area (Å²) in [7, 11) is 0. The fraction of sp³-hybridized carbons (Fsp3) is 0. The van der Waals surface area contributed by atoms with E-state index in [1.54, 1.807) is 48.5 Å². The first kappa shape index (κ1) is 14.5. The zero-order valence-corrected chi connectivity index (χ0v) is 13.3. The molecule has 5 aromatic rings. The van der Waals surface area contributed by atoms with Gasteiger partial charge in [0.1, 0.15) is 22.1 Å². The summed E-state index contributed by atoms with van der Waals surface area (Å²) in [5.41, 5.74) is -1.61. The van der Waals surface area contributed by atoms with E-state index in [-0.39, 0.29) is 43.6 Å². The molecule has 0 unspecified atom stereocenters. The molecule has 0 amide bonds. The van der Waals surface area contributed by atoms with Gasteiger partial charge in [-0.05, 0) is 0 Å². The molecule has 0 saturated heterocycles. The summed E-state index contributed by atoms with van der Waals surface area (Å²) in [5, 5.41) is 1.07. The second-order valence-corrected chi connectivity index (χ2v) is 6.16. The van der Waals surface area contributed by atoms with Gasteiger partial charge in [-0.1, -0.05) is 48.5 Å². The van der Waals surface area contributed by atoms with Crippen LogP contribution in [0, 0.1) is 0 Å². The first-order valence-corrected chi connectivity index (χ1v) is 7.97. The largest absolute Gasteiger partial charge is 0.345 e. The number of nitrogens with one attached hydrogen (secondary N) is 2. The van der Waals surface area contributed by atoms with Crippen molar-refractivity contribution in [2.24, 2.45) is 0 Å². The maximum atomic E-state index is 12.8. The van der Waals surface area contributed by atoms with Crippen LogP contribution in [0.1, 0.15) is 0 Å². The number of hydrogen-bond donors (Lipinski definition) is 2. The lowest BCUT2D eigenvalue weighted by atomic mass is 10.1. The third-order valence-corrected chi connectivity index (χ3v) is 4.74. The Morgan fingerprint density at radius 2 is 0.654 bits per heavy atom. The van der Waals surface area contributed by atoms with Crippen molar-refractivity contribution in [1.82, 2.24) is 9.97 Å². The Morgan fingerprint density at radius 3 is 0.885 bits per heavy atom. The molecule has 0 aliphatic heterocycles. The van der Waals surface area contributed by atoms with Gasteiger partial charge in [0, 0.05) is 21.5 Å². The van der Waals surface area contributed by atoms with Crippen LogP contribution in [0.25, 0.3) is 43.6 Å². The van der Waals surface area contributed by atoms with Crippen molar-refractivity contribution in [2.45, 2.75) is 0 Å². The molecule has 1 heterocycles. The van der Waals surface area contributed by atoms with Gasteiger partial charge < -0.3 is 9.97 Å². The first-order chi connectivity index (χ1) is 12.6. The van der Waals surface area contributed by atoms with Gasteiger partial charge in [0.2, 0.25) is 21.7 Å². The van der Waals surface area contributed by atoms with Gasteiger partial charge in [-0.25, -0.2) is 0 Å². The van der Waals surface area contributed by atoms with E-state index in [2.05, 4.69) is 9.97 Å². The number of benzene rings is 4. The smallest absolute Gasteiger partial charge is 0.212 e. The van der Waals surface area contributed by atoms with E-state index in [9.17, 15) is 19.2 Å². The molecule has 124 valence electrons. The number of hydrogen-bond acceptors (Lipinski definition) is 4. The van der Waals surface area contributed by atoms with Crippen molar-refractivity contribution in [3.8, 4) is 0 Å². The van der Waals surface area contributed by atoms with Crippen molar-refractivity contribution in [2.75, 3.05) is 0 Å². The Balaban J connectivity index is 2.16. The first-order valence-electron chi connectivity index (χ1n) is 7.97. The van der Waals surface area contributed by atoms with E-state index >= 15 is 0 Å². The summed E-state index contributed by atoms with van der Waals surface area (Å²) < 4.78 is 0. The van der Waals surface area contributed by atoms with Gasteiger partial charge in [0.15, 0.2) is 0 Å². The Kier molecular flexibility index (Phi) is 2.72. The maximum Gasteiger partial charge on any atom is 0.212 e. The van der Waals surface area contributed by atoms with E-state index in [1.165, 1.54) is 0 Å². The lowest BCUT2D eigenvalue weighted by Gasteiger charge is -2.05. The molecule has 2 N–H and O–H groups in total. The highest BCUT2D eigenvalue weighted by Gasteiger charge is 2.16. The van der Waals surface area contributed by atoms with Gasteiger partial charge in [0.05, 0.1) is 0 Å². The Bertz CT molecular complexity index is 1370. The van der Waals surface area contributed by atoms with E-state index in [1.807, 2.05) is 0 Å². The molecule has 0 spiro atoms. The molecule has 0 aliphatic carbocycles. The van der Waals surface area contributed by atoms with Gasteiger partial charge in [0.25, 0.3) is 0 Å². The molecule has 0 atom stereocenters. The van der Waals surface area contributed by atoms with Crippen molar-refractivity contribution in [1.29, 1.82) is 0 Å². The third kappa shape index (κ3) is 1.70. The highest BCUT2D eigenvalue weighted by Crippen LogP contribution is 2.14. The van der Waals surface area contributed by atoms with Crippen LogP contribution >= 0.6 is 0 Å². The molecule has 0 bridgehead atoms. The summed E-state index contributed by atoms with van der Waals surface area (Å²) in [4.78, 5) is 56.6.